The SMILES string of the molecule is CC(C)NC(C)c1ccc(Cl)s1. The van der Waals surface area contributed by atoms with Crippen molar-refractivity contribution in [3.05, 3.63) is 21.3 Å². The van der Waals surface area contributed by atoms with Crippen molar-refractivity contribution < 1.29 is 0 Å². The quantitative estimate of drug-likeness (QED) is 0.794. The fourth-order valence-electron chi connectivity index (χ4n) is 1.14. The van der Waals surface area contributed by atoms with Crippen LogP contribution in [0.3, 0.4) is 0 Å². The minimum Gasteiger partial charge on any atom is -0.307 e. The van der Waals surface area contributed by atoms with Crippen molar-refractivity contribution in [2.45, 2.75) is 32.9 Å². The van der Waals surface area contributed by atoms with E-state index in [1.165, 1.54) is 4.88 Å². The van der Waals surface area contributed by atoms with Gasteiger partial charge in [-0.25, -0.2) is 0 Å². The third-order valence-electron chi connectivity index (χ3n) is 1.60. The normalized spacial score (nSPS) is 13.8. The second-order valence-electron chi connectivity index (χ2n) is 3.18. The molecule has 0 saturated carbocycles. The van der Waals surface area contributed by atoms with Crippen LogP contribution in [0.2, 0.25) is 4.34 Å². The van der Waals surface area contributed by atoms with Crippen LogP contribution in [0.5, 0.6) is 0 Å². The second kappa shape index (κ2) is 4.26. The molecule has 1 heterocycles. The highest BCUT2D eigenvalue weighted by molar-refractivity contribution is 7.16. The van der Waals surface area contributed by atoms with Crippen molar-refractivity contribution in [2.24, 2.45) is 0 Å². The lowest BCUT2D eigenvalue weighted by atomic mass is 10.2. The first-order chi connectivity index (χ1) is 5.59. The smallest absolute Gasteiger partial charge is 0.0931 e. The van der Waals surface area contributed by atoms with Gasteiger partial charge in [0.1, 0.15) is 0 Å². The predicted octanol–water partition coefficient (Wildman–Crippen LogP) is 3.46. The van der Waals surface area contributed by atoms with Crippen LogP contribution in [0.1, 0.15) is 31.7 Å². The lowest BCUT2D eigenvalue weighted by Gasteiger charge is -2.14. The summed E-state index contributed by atoms with van der Waals surface area (Å²) in [5, 5.41) is 3.42. The van der Waals surface area contributed by atoms with Crippen LogP contribution < -0.4 is 5.32 Å². The fourth-order valence-corrected chi connectivity index (χ4v) is 2.22. The van der Waals surface area contributed by atoms with E-state index in [2.05, 4.69) is 32.2 Å². The monoisotopic (exact) mass is 203 g/mol. The van der Waals surface area contributed by atoms with E-state index in [9.17, 15) is 0 Å². The van der Waals surface area contributed by atoms with Crippen molar-refractivity contribution in [3.63, 3.8) is 0 Å². The van der Waals surface area contributed by atoms with Gasteiger partial charge in [0.2, 0.25) is 0 Å². The molecule has 68 valence electrons. The molecule has 1 aromatic heterocycles. The largest absolute Gasteiger partial charge is 0.307 e. The Morgan fingerprint density at radius 1 is 1.33 bits per heavy atom. The number of hydrogen-bond acceptors (Lipinski definition) is 2. The van der Waals surface area contributed by atoms with Crippen LogP contribution >= 0.6 is 22.9 Å². The fraction of sp³-hybridized carbons (Fsp3) is 0.556. The van der Waals surface area contributed by atoms with Gasteiger partial charge in [0, 0.05) is 17.0 Å². The highest BCUT2D eigenvalue weighted by atomic mass is 35.5. The summed E-state index contributed by atoms with van der Waals surface area (Å²) in [6, 6.07) is 4.94. The molecule has 0 bridgehead atoms. The summed E-state index contributed by atoms with van der Waals surface area (Å²) < 4.78 is 0.863. The Hall–Kier alpha value is -0.0500. The Labute approximate surface area is 82.7 Å². The number of halogens is 1. The summed E-state index contributed by atoms with van der Waals surface area (Å²) in [7, 11) is 0. The minimum atomic E-state index is 0.405. The third kappa shape index (κ3) is 2.77. The zero-order valence-corrected chi connectivity index (χ0v) is 9.17. The second-order valence-corrected chi connectivity index (χ2v) is 4.93. The van der Waals surface area contributed by atoms with E-state index in [0.29, 0.717) is 12.1 Å². The van der Waals surface area contributed by atoms with Gasteiger partial charge in [-0.3, -0.25) is 0 Å². The summed E-state index contributed by atoms with van der Waals surface area (Å²) in [6.45, 7) is 6.44. The number of hydrogen-bond donors (Lipinski definition) is 1. The van der Waals surface area contributed by atoms with Gasteiger partial charge < -0.3 is 5.32 Å². The molecule has 0 aliphatic rings. The average molecular weight is 204 g/mol. The van der Waals surface area contributed by atoms with Gasteiger partial charge in [-0.05, 0) is 19.1 Å². The van der Waals surface area contributed by atoms with E-state index in [-0.39, 0.29) is 0 Å². The molecule has 0 aliphatic heterocycles. The molecule has 0 fully saturated rings. The molecule has 1 aromatic rings. The van der Waals surface area contributed by atoms with Crippen LogP contribution in [0.25, 0.3) is 0 Å². The van der Waals surface area contributed by atoms with Crippen LogP contribution in [0.4, 0.5) is 0 Å². The van der Waals surface area contributed by atoms with Gasteiger partial charge in [-0.2, -0.15) is 0 Å². The topological polar surface area (TPSA) is 12.0 Å². The Balaban J connectivity index is 2.58. The van der Waals surface area contributed by atoms with Gasteiger partial charge in [0.25, 0.3) is 0 Å². The van der Waals surface area contributed by atoms with Crippen LogP contribution in [0.15, 0.2) is 12.1 Å². The van der Waals surface area contributed by atoms with E-state index >= 15 is 0 Å². The van der Waals surface area contributed by atoms with E-state index in [1.807, 2.05) is 6.07 Å². The molecule has 1 rings (SSSR count). The minimum absolute atomic E-state index is 0.405. The van der Waals surface area contributed by atoms with E-state index in [1.54, 1.807) is 11.3 Å². The zero-order chi connectivity index (χ0) is 9.14. The first kappa shape index (κ1) is 10.0. The third-order valence-corrected chi connectivity index (χ3v) is 3.02. The van der Waals surface area contributed by atoms with Crippen molar-refractivity contribution in [3.8, 4) is 0 Å². The van der Waals surface area contributed by atoms with Crippen LogP contribution in [0, 0.1) is 0 Å². The molecule has 0 radical (unpaired) electrons. The summed E-state index contributed by atoms with van der Waals surface area (Å²) in [6.07, 6.45) is 0. The number of thiophene rings is 1. The molecule has 3 heteroatoms. The number of nitrogens with one attached hydrogen (secondary N) is 1. The maximum Gasteiger partial charge on any atom is 0.0931 e. The van der Waals surface area contributed by atoms with Crippen molar-refractivity contribution in [2.75, 3.05) is 0 Å². The lowest BCUT2D eigenvalue weighted by Crippen LogP contribution is -2.25. The van der Waals surface area contributed by atoms with Gasteiger partial charge >= 0.3 is 0 Å². The molecule has 1 unspecified atom stereocenters. The van der Waals surface area contributed by atoms with Crippen molar-refractivity contribution in [1.82, 2.24) is 5.32 Å². The highest BCUT2D eigenvalue weighted by Gasteiger charge is 2.08. The highest BCUT2D eigenvalue weighted by Crippen LogP contribution is 2.26. The zero-order valence-electron chi connectivity index (χ0n) is 7.60. The van der Waals surface area contributed by atoms with Gasteiger partial charge in [-0.1, -0.05) is 25.4 Å². The van der Waals surface area contributed by atoms with Crippen LogP contribution in [-0.2, 0) is 0 Å². The van der Waals surface area contributed by atoms with Crippen molar-refractivity contribution >= 4 is 22.9 Å². The summed E-state index contributed by atoms with van der Waals surface area (Å²) in [4.78, 5) is 1.30. The molecular weight excluding hydrogens is 190 g/mol. The average Bonchev–Trinajstić information content (AvgIpc) is 2.34. The molecule has 12 heavy (non-hydrogen) atoms. The summed E-state index contributed by atoms with van der Waals surface area (Å²) in [5.41, 5.74) is 0. The molecule has 1 nitrogen and oxygen atoms in total. The number of rotatable bonds is 3. The molecular formula is C9H14ClNS. The van der Waals surface area contributed by atoms with E-state index in [0.717, 1.165) is 4.34 Å². The summed E-state index contributed by atoms with van der Waals surface area (Å²) >= 11 is 7.47. The molecule has 1 atom stereocenters. The maximum atomic E-state index is 5.83. The van der Waals surface area contributed by atoms with Gasteiger partial charge in [-0.15, -0.1) is 11.3 Å². The van der Waals surface area contributed by atoms with Crippen molar-refractivity contribution in [1.29, 1.82) is 0 Å². The van der Waals surface area contributed by atoms with E-state index < -0.39 is 0 Å². The Morgan fingerprint density at radius 3 is 2.42 bits per heavy atom. The molecule has 0 aromatic carbocycles. The maximum absolute atomic E-state index is 5.83. The first-order valence-corrected chi connectivity index (χ1v) is 5.30. The Morgan fingerprint density at radius 2 is 2.00 bits per heavy atom. The molecule has 0 spiro atoms. The molecule has 0 amide bonds. The Kier molecular flexibility index (Phi) is 3.56. The standard InChI is InChI=1S/C9H14ClNS/c1-6(2)11-7(3)8-4-5-9(10)12-8/h4-7,11H,1-3H3. The van der Waals surface area contributed by atoms with Gasteiger partial charge in [0.05, 0.1) is 4.34 Å². The van der Waals surface area contributed by atoms with Crippen LogP contribution in [-0.4, -0.2) is 6.04 Å². The van der Waals surface area contributed by atoms with E-state index in [4.69, 9.17) is 11.6 Å². The molecule has 1 N–H and O–H groups in total. The summed E-state index contributed by atoms with van der Waals surface area (Å²) in [5.74, 6) is 0. The predicted molar refractivity (Wildman–Crippen MR) is 56.0 cm³/mol. The Bertz CT molecular complexity index is 244. The first-order valence-electron chi connectivity index (χ1n) is 4.11. The van der Waals surface area contributed by atoms with Gasteiger partial charge in [0.15, 0.2) is 0 Å². The lowest BCUT2D eigenvalue weighted by molar-refractivity contribution is 0.512. The molecule has 0 saturated heterocycles. The molecule has 0 aliphatic carbocycles.